The van der Waals surface area contributed by atoms with E-state index in [4.69, 9.17) is 4.74 Å². The first kappa shape index (κ1) is 18.1. The predicted molar refractivity (Wildman–Crippen MR) is 99.5 cm³/mol. The lowest BCUT2D eigenvalue weighted by Gasteiger charge is -2.14. The Morgan fingerprint density at radius 2 is 2.00 bits per heavy atom. The van der Waals surface area contributed by atoms with Gasteiger partial charge >= 0.3 is 5.97 Å². The Balaban J connectivity index is 1.83. The fraction of sp³-hybridized carbons (Fsp3) is 0.158. The van der Waals surface area contributed by atoms with Gasteiger partial charge in [0.25, 0.3) is 5.69 Å². The monoisotopic (exact) mass is 366 g/mol. The molecule has 0 saturated carbocycles. The lowest BCUT2D eigenvalue weighted by atomic mass is 10.1. The Morgan fingerprint density at radius 1 is 1.22 bits per heavy atom. The number of esters is 1. The quantitative estimate of drug-likeness (QED) is 0.391. The molecule has 3 rings (SSSR count). The lowest BCUT2D eigenvalue weighted by Crippen LogP contribution is -2.11. The zero-order valence-corrected chi connectivity index (χ0v) is 14.7. The molecule has 0 radical (unpaired) electrons. The minimum absolute atomic E-state index is 0.122. The van der Waals surface area contributed by atoms with Gasteiger partial charge in [-0.1, -0.05) is 24.3 Å². The molecule has 1 N–H and O–H groups in total. The van der Waals surface area contributed by atoms with E-state index in [1.807, 2.05) is 41.2 Å². The van der Waals surface area contributed by atoms with Gasteiger partial charge in [-0.05, 0) is 23.3 Å². The van der Waals surface area contributed by atoms with E-state index in [0.29, 0.717) is 18.8 Å². The molecule has 0 atom stereocenters. The number of carbonyl (C=O) groups excluding carboxylic acids is 1. The summed E-state index contributed by atoms with van der Waals surface area (Å²) in [4.78, 5) is 22.4. The average Bonchev–Trinajstić information content (AvgIpc) is 3.19. The fourth-order valence-electron chi connectivity index (χ4n) is 2.72. The van der Waals surface area contributed by atoms with Gasteiger partial charge in [0.2, 0.25) is 0 Å². The van der Waals surface area contributed by atoms with Crippen molar-refractivity contribution in [1.29, 1.82) is 0 Å². The molecule has 1 aromatic heterocycles. The van der Waals surface area contributed by atoms with Gasteiger partial charge in [-0.25, -0.2) is 4.79 Å². The summed E-state index contributed by atoms with van der Waals surface area (Å²) in [6.07, 6.45) is 3.61. The number of hydrogen-bond acceptors (Lipinski definition) is 6. The third-order valence-corrected chi connectivity index (χ3v) is 4.10. The van der Waals surface area contributed by atoms with Crippen LogP contribution in [0.3, 0.4) is 0 Å². The molecule has 0 aliphatic carbocycles. The van der Waals surface area contributed by atoms with Crippen molar-refractivity contribution in [2.75, 3.05) is 12.4 Å². The second kappa shape index (κ2) is 8.13. The standard InChI is InChI=1S/C19H18N4O4/c1-27-19(24)17-11-16(23(25)26)7-8-18(17)20-12-14-5-2-3-6-15(14)13-22-10-4-9-21-22/h2-11,20H,12-13H2,1H3. The summed E-state index contributed by atoms with van der Waals surface area (Å²) in [7, 11) is 1.24. The Hall–Kier alpha value is -3.68. The van der Waals surface area contributed by atoms with Crippen LogP contribution >= 0.6 is 0 Å². The first-order valence-electron chi connectivity index (χ1n) is 8.23. The maximum absolute atomic E-state index is 12.0. The van der Waals surface area contributed by atoms with Crippen molar-refractivity contribution in [3.05, 3.63) is 87.7 Å². The van der Waals surface area contributed by atoms with Crippen LogP contribution in [0.25, 0.3) is 0 Å². The minimum Gasteiger partial charge on any atom is -0.465 e. The van der Waals surface area contributed by atoms with Crippen molar-refractivity contribution in [3.63, 3.8) is 0 Å². The van der Waals surface area contributed by atoms with Gasteiger partial charge in [0.1, 0.15) is 0 Å². The lowest BCUT2D eigenvalue weighted by molar-refractivity contribution is -0.384. The zero-order valence-electron chi connectivity index (χ0n) is 14.7. The number of nitro groups is 1. The summed E-state index contributed by atoms with van der Waals surface area (Å²) in [5, 5.41) is 18.4. The van der Waals surface area contributed by atoms with Crippen LogP contribution in [0.2, 0.25) is 0 Å². The molecular formula is C19H18N4O4. The van der Waals surface area contributed by atoms with Crippen molar-refractivity contribution in [1.82, 2.24) is 9.78 Å². The SMILES string of the molecule is COC(=O)c1cc([N+](=O)[O-])ccc1NCc1ccccc1Cn1cccn1. The summed E-state index contributed by atoms with van der Waals surface area (Å²) in [6.45, 7) is 1.06. The van der Waals surface area contributed by atoms with Gasteiger partial charge in [0.05, 0.1) is 24.1 Å². The number of ether oxygens (including phenoxy) is 1. The molecular weight excluding hydrogens is 348 g/mol. The smallest absolute Gasteiger partial charge is 0.340 e. The van der Waals surface area contributed by atoms with E-state index >= 15 is 0 Å². The maximum atomic E-state index is 12.0. The normalized spacial score (nSPS) is 10.4. The largest absolute Gasteiger partial charge is 0.465 e. The van der Waals surface area contributed by atoms with Crippen LogP contribution in [0.15, 0.2) is 60.9 Å². The van der Waals surface area contributed by atoms with E-state index in [0.717, 1.165) is 11.1 Å². The highest BCUT2D eigenvalue weighted by molar-refractivity contribution is 5.96. The number of rotatable bonds is 7. The predicted octanol–water partition coefficient (Wildman–Crippen LogP) is 3.24. The Bertz CT molecular complexity index is 954. The van der Waals surface area contributed by atoms with E-state index < -0.39 is 10.9 Å². The number of carbonyl (C=O) groups is 1. The third-order valence-electron chi connectivity index (χ3n) is 4.10. The highest BCUT2D eigenvalue weighted by Gasteiger charge is 2.17. The Kier molecular flexibility index (Phi) is 5.46. The molecule has 2 aromatic carbocycles. The molecule has 0 aliphatic heterocycles. The summed E-state index contributed by atoms with van der Waals surface area (Å²) < 4.78 is 6.57. The molecule has 3 aromatic rings. The van der Waals surface area contributed by atoms with Crippen molar-refractivity contribution in [2.24, 2.45) is 0 Å². The molecule has 0 unspecified atom stereocenters. The number of anilines is 1. The van der Waals surface area contributed by atoms with Crippen LogP contribution in [0.4, 0.5) is 11.4 Å². The van der Waals surface area contributed by atoms with Gasteiger partial charge < -0.3 is 10.1 Å². The number of methoxy groups -OCH3 is 1. The second-order valence-corrected chi connectivity index (χ2v) is 5.80. The first-order valence-corrected chi connectivity index (χ1v) is 8.23. The number of benzene rings is 2. The number of aromatic nitrogens is 2. The van der Waals surface area contributed by atoms with Gasteiger partial charge in [-0.3, -0.25) is 14.8 Å². The minimum atomic E-state index is -0.633. The van der Waals surface area contributed by atoms with Crippen LogP contribution in [-0.4, -0.2) is 27.8 Å². The van der Waals surface area contributed by atoms with Crippen molar-refractivity contribution in [3.8, 4) is 0 Å². The van der Waals surface area contributed by atoms with Gasteiger partial charge in [0.15, 0.2) is 0 Å². The number of nitro benzene ring substituents is 1. The molecule has 8 heteroatoms. The topological polar surface area (TPSA) is 99.3 Å². The molecule has 0 saturated heterocycles. The van der Waals surface area contributed by atoms with Crippen LogP contribution in [0.1, 0.15) is 21.5 Å². The number of nitrogens with zero attached hydrogens (tertiary/aromatic N) is 3. The second-order valence-electron chi connectivity index (χ2n) is 5.80. The molecule has 27 heavy (non-hydrogen) atoms. The van der Waals surface area contributed by atoms with Crippen molar-refractivity contribution in [2.45, 2.75) is 13.1 Å². The average molecular weight is 366 g/mol. The first-order chi connectivity index (χ1) is 13.1. The van der Waals surface area contributed by atoms with Crippen molar-refractivity contribution >= 4 is 17.3 Å². The molecule has 8 nitrogen and oxygen atoms in total. The summed E-state index contributed by atoms with van der Waals surface area (Å²) in [6, 6.07) is 13.8. The van der Waals surface area contributed by atoms with Crippen LogP contribution in [-0.2, 0) is 17.8 Å². The molecule has 0 fully saturated rings. The van der Waals surface area contributed by atoms with Gasteiger partial charge in [0, 0.05) is 36.8 Å². The molecule has 0 aliphatic rings. The summed E-state index contributed by atoms with van der Waals surface area (Å²) in [5.41, 5.74) is 2.54. The molecule has 0 bridgehead atoms. The molecule has 0 amide bonds. The number of non-ortho nitro benzene ring substituents is 1. The van der Waals surface area contributed by atoms with E-state index in [1.54, 1.807) is 6.20 Å². The van der Waals surface area contributed by atoms with E-state index in [9.17, 15) is 14.9 Å². The number of nitrogens with one attached hydrogen (secondary N) is 1. The highest BCUT2D eigenvalue weighted by atomic mass is 16.6. The Labute approximate surface area is 155 Å². The molecule has 138 valence electrons. The van der Waals surface area contributed by atoms with Crippen molar-refractivity contribution < 1.29 is 14.5 Å². The van der Waals surface area contributed by atoms with E-state index in [1.165, 1.54) is 25.3 Å². The van der Waals surface area contributed by atoms with Gasteiger partial charge in [-0.2, -0.15) is 5.10 Å². The number of hydrogen-bond donors (Lipinski definition) is 1. The molecule has 1 heterocycles. The van der Waals surface area contributed by atoms with E-state index in [2.05, 4.69) is 10.4 Å². The highest BCUT2D eigenvalue weighted by Crippen LogP contribution is 2.24. The van der Waals surface area contributed by atoms with Crippen LogP contribution < -0.4 is 5.32 Å². The Morgan fingerprint density at radius 3 is 2.67 bits per heavy atom. The van der Waals surface area contributed by atoms with E-state index in [-0.39, 0.29) is 11.3 Å². The maximum Gasteiger partial charge on any atom is 0.340 e. The van der Waals surface area contributed by atoms with Crippen LogP contribution in [0.5, 0.6) is 0 Å². The zero-order chi connectivity index (χ0) is 19.2. The molecule has 0 spiro atoms. The van der Waals surface area contributed by atoms with Crippen LogP contribution in [0, 0.1) is 10.1 Å². The van der Waals surface area contributed by atoms with Gasteiger partial charge in [-0.15, -0.1) is 0 Å². The summed E-state index contributed by atoms with van der Waals surface area (Å²) in [5.74, 6) is -0.633. The summed E-state index contributed by atoms with van der Waals surface area (Å²) >= 11 is 0. The third kappa shape index (κ3) is 4.30. The fourth-order valence-corrected chi connectivity index (χ4v) is 2.72.